The molecular weight excluding hydrogens is 399 g/mol. The predicted molar refractivity (Wildman–Crippen MR) is 116 cm³/mol. The number of oxime groups is 1. The Morgan fingerprint density at radius 1 is 1.16 bits per heavy atom. The number of halogens is 1. The zero-order valence-corrected chi connectivity index (χ0v) is 17.7. The van der Waals surface area contributed by atoms with Crippen LogP contribution in [0.1, 0.15) is 17.5 Å². The number of carbonyl (C=O) groups is 2. The van der Waals surface area contributed by atoms with Crippen LogP contribution in [0.5, 0.6) is 0 Å². The molecule has 164 valence electrons. The van der Waals surface area contributed by atoms with E-state index < -0.39 is 18.1 Å². The van der Waals surface area contributed by atoms with Crippen molar-refractivity contribution in [3.05, 3.63) is 71.5 Å². The lowest BCUT2D eigenvalue weighted by molar-refractivity contribution is -0.135. The monoisotopic (exact) mass is 426 g/mol. The number of likely N-dealkylation sites (N-methyl/N-ethyl adjacent to an activating group) is 1. The van der Waals surface area contributed by atoms with Gasteiger partial charge in [-0.3, -0.25) is 9.59 Å². The lowest BCUT2D eigenvalue weighted by atomic mass is 10.0. The maximum atomic E-state index is 13.1. The zero-order chi connectivity index (χ0) is 22.2. The number of nitrogens with zero attached hydrogens (tertiary/aromatic N) is 2. The van der Waals surface area contributed by atoms with Gasteiger partial charge in [0.2, 0.25) is 12.0 Å². The summed E-state index contributed by atoms with van der Waals surface area (Å²) in [7, 11) is 3.84. The highest BCUT2D eigenvalue weighted by atomic mass is 19.1. The molecule has 7 nitrogen and oxygen atoms in total. The summed E-state index contributed by atoms with van der Waals surface area (Å²) in [6.07, 6.45) is -0.232. The first kappa shape index (κ1) is 22.4. The molecule has 0 saturated carbocycles. The van der Waals surface area contributed by atoms with Crippen molar-refractivity contribution in [3.8, 4) is 0 Å². The Labute approximate surface area is 181 Å². The van der Waals surface area contributed by atoms with Crippen LogP contribution in [0, 0.1) is 5.82 Å². The Morgan fingerprint density at radius 3 is 2.55 bits per heavy atom. The van der Waals surface area contributed by atoms with Crippen molar-refractivity contribution < 1.29 is 18.8 Å². The summed E-state index contributed by atoms with van der Waals surface area (Å²) in [5.74, 6) is -1.01. The molecule has 8 heteroatoms. The Balaban J connectivity index is 1.62. The zero-order valence-electron chi connectivity index (χ0n) is 17.7. The summed E-state index contributed by atoms with van der Waals surface area (Å²) in [6.45, 7) is 1.17. The number of hydrogen-bond donors (Lipinski definition) is 2. The quantitative estimate of drug-likeness (QED) is 0.640. The molecule has 0 aromatic heterocycles. The molecule has 0 radical (unpaired) electrons. The smallest absolute Gasteiger partial charge is 0.265 e. The van der Waals surface area contributed by atoms with Crippen LogP contribution in [0.4, 0.5) is 4.39 Å². The third-order valence-electron chi connectivity index (χ3n) is 4.91. The van der Waals surface area contributed by atoms with Gasteiger partial charge >= 0.3 is 0 Å². The predicted octanol–water partition coefficient (Wildman–Crippen LogP) is 1.72. The first-order chi connectivity index (χ1) is 14.9. The van der Waals surface area contributed by atoms with Crippen LogP contribution in [0.3, 0.4) is 0 Å². The summed E-state index contributed by atoms with van der Waals surface area (Å²) >= 11 is 0. The number of benzene rings is 2. The van der Waals surface area contributed by atoms with Crippen molar-refractivity contribution in [1.82, 2.24) is 15.5 Å². The van der Waals surface area contributed by atoms with E-state index in [9.17, 15) is 14.0 Å². The number of amides is 2. The summed E-state index contributed by atoms with van der Waals surface area (Å²) in [6, 6.07) is 14.6. The van der Waals surface area contributed by atoms with Gasteiger partial charge < -0.3 is 20.4 Å². The molecule has 31 heavy (non-hydrogen) atoms. The van der Waals surface area contributed by atoms with Crippen LogP contribution in [-0.2, 0) is 20.8 Å². The highest BCUT2D eigenvalue weighted by Gasteiger charge is 2.32. The van der Waals surface area contributed by atoms with Gasteiger partial charge in [-0.25, -0.2) is 4.39 Å². The van der Waals surface area contributed by atoms with Gasteiger partial charge in [-0.15, -0.1) is 0 Å². The number of carbonyl (C=O) groups excluding carboxylic acids is 2. The van der Waals surface area contributed by atoms with Crippen LogP contribution in [0.25, 0.3) is 0 Å². The Hall–Kier alpha value is -3.26. The third-order valence-corrected chi connectivity index (χ3v) is 4.91. The second kappa shape index (κ2) is 10.7. The van der Waals surface area contributed by atoms with E-state index in [1.165, 1.54) is 12.1 Å². The van der Waals surface area contributed by atoms with Crippen molar-refractivity contribution in [2.24, 2.45) is 5.16 Å². The minimum atomic E-state index is -0.840. The average molecular weight is 426 g/mol. The van der Waals surface area contributed by atoms with Gasteiger partial charge in [0.15, 0.2) is 0 Å². The van der Waals surface area contributed by atoms with Crippen LogP contribution in [0.2, 0.25) is 0 Å². The first-order valence-electron chi connectivity index (χ1n) is 10.2. The molecule has 0 bridgehead atoms. The second-order valence-corrected chi connectivity index (χ2v) is 7.69. The molecule has 2 aromatic rings. The Bertz CT molecular complexity index is 916. The maximum absolute atomic E-state index is 13.1. The summed E-state index contributed by atoms with van der Waals surface area (Å²) in [5, 5.41) is 9.64. The standard InChI is InChI=1S/C23H27FN4O3/c1-28(2)13-12-25-22(29)20(14-16-6-4-3-5-7-16)26-23(30)21-15-19(27-31-21)17-8-10-18(24)11-9-17/h3-11,20-21H,12-15H2,1-2H3,(H,25,29)(H,26,30)/t20-,21+/m0/s1. The number of hydrogen-bond acceptors (Lipinski definition) is 5. The molecule has 2 amide bonds. The minimum absolute atomic E-state index is 0.248. The molecule has 1 heterocycles. The molecule has 2 N–H and O–H groups in total. The van der Waals surface area contributed by atoms with Crippen molar-refractivity contribution in [1.29, 1.82) is 0 Å². The van der Waals surface area contributed by atoms with Gasteiger partial charge in [0.1, 0.15) is 11.9 Å². The fourth-order valence-corrected chi connectivity index (χ4v) is 3.18. The molecule has 3 rings (SSSR count). The minimum Gasteiger partial charge on any atom is -0.382 e. The molecular formula is C23H27FN4O3. The number of rotatable bonds is 9. The average Bonchev–Trinajstić information content (AvgIpc) is 3.24. The fourth-order valence-electron chi connectivity index (χ4n) is 3.18. The van der Waals surface area contributed by atoms with Crippen LogP contribution >= 0.6 is 0 Å². The van der Waals surface area contributed by atoms with E-state index in [1.54, 1.807) is 12.1 Å². The van der Waals surface area contributed by atoms with Crippen LogP contribution in [0.15, 0.2) is 59.8 Å². The highest BCUT2D eigenvalue weighted by molar-refractivity contribution is 6.04. The normalized spacial score (nSPS) is 16.4. The maximum Gasteiger partial charge on any atom is 0.265 e. The van der Waals surface area contributed by atoms with Gasteiger partial charge in [-0.05, 0) is 37.4 Å². The first-order valence-corrected chi connectivity index (χ1v) is 10.2. The molecule has 0 spiro atoms. The molecule has 1 aliphatic rings. The van der Waals surface area contributed by atoms with Crippen molar-refractivity contribution in [2.75, 3.05) is 27.2 Å². The SMILES string of the molecule is CN(C)CCNC(=O)[C@H](Cc1ccccc1)NC(=O)[C@H]1CC(c2ccc(F)cc2)=NO1. The molecule has 0 unspecified atom stereocenters. The van der Waals surface area contributed by atoms with Crippen LogP contribution in [-0.4, -0.2) is 61.8 Å². The number of nitrogens with one attached hydrogen (secondary N) is 2. The van der Waals surface area contributed by atoms with E-state index in [1.807, 2.05) is 49.3 Å². The second-order valence-electron chi connectivity index (χ2n) is 7.69. The molecule has 0 saturated heterocycles. The topological polar surface area (TPSA) is 83.0 Å². The van der Waals surface area contributed by atoms with E-state index in [4.69, 9.17) is 4.84 Å². The van der Waals surface area contributed by atoms with Gasteiger partial charge in [-0.2, -0.15) is 0 Å². The Morgan fingerprint density at radius 2 is 1.87 bits per heavy atom. The third kappa shape index (κ3) is 6.62. The largest absolute Gasteiger partial charge is 0.382 e. The van der Waals surface area contributed by atoms with E-state index in [0.29, 0.717) is 30.8 Å². The molecule has 2 aromatic carbocycles. The highest BCUT2D eigenvalue weighted by Crippen LogP contribution is 2.17. The van der Waals surface area contributed by atoms with Crippen LogP contribution < -0.4 is 10.6 Å². The molecule has 1 aliphatic heterocycles. The van der Waals surface area contributed by atoms with Gasteiger partial charge in [0, 0.05) is 25.9 Å². The van der Waals surface area contributed by atoms with Crippen molar-refractivity contribution in [3.63, 3.8) is 0 Å². The Kier molecular flexibility index (Phi) is 7.72. The summed E-state index contributed by atoms with van der Waals surface area (Å²) in [5.41, 5.74) is 2.19. The van der Waals surface area contributed by atoms with Crippen molar-refractivity contribution in [2.45, 2.75) is 25.0 Å². The van der Waals surface area contributed by atoms with Gasteiger partial charge in [0.05, 0.1) is 5.71 Å². The van der Waals surface area contributed by atoms with E-state index >= 15 is 0 Å². The molecule has 0 fully saturated rings. The lowest BCUT2D eigenvalue weighted by Gasteiger charge is -2.20. The van der Waals surface area contributed by atoms with Gasteiger partial charge in [0.25, 0.3) is 5.91 Å². The lowest BCUT2D eigenvalue weighted by Crippen LogP contribution is -2.51. The van der Waals surface area contributed by atoms with E-state index in [2.05, 4.69) is 15.8 Å². The summed E-state index contributed by atoms with van der Waals surface area (Å²) in [4.78, 5) is 32.8. The fraction of sp³-hybridized carbons (Fsp3) is 0.348. The van der Waals surface area contributed by atoms with Gasteiger partial charge in [-0.1, -0.05) is 47.6 Å². The summed E-state index contributed by atoms with van der Waals surface area (Å²) < 4.78 is 13.1. The van der Waals surface area contributed by atoms with E-state index in [0.717, 1.165) is 5.56 Å². The molecule has 0 aliphatic carbocycles. The van der Waals surface area contributed by atoms with Crippen molar-refractivity contribution >= 4 is 17.5 Å². The van der Waals surface area contributed by atoms with E-state index in [-0.39, 0.29) is 18.1 Å². The molecule has 2 atom stereocenters.